The highest BCUT2D eigenvalue weighted by atomic mass is 32.2. The molecule has 1 heterocycles. The predicted octanol–water partition coefficient (Wildman–Crippen LogP) is 8.50. The standard InChI is InChI=1S/C43H58N2O7S/c1-5-22-45(42(48)29-14-15-29)39-28-37(44-50-7-3)35-26-30(12-8-10-23-46)34(13-9-11-24-47)40-36-27-32(51-31-16-19-33(53-4)20-17-31)18-21-38(36)52-43(39,41(35)40)49-25-6-2/h6,16-21,26-27,29-30,34,39-41,46-47H,2,5,7-15,22-25,28H2,1,3-4H3. The summed E-state index contributed by atoms with van der Waals surface area (Å²) in [4.78, 5) is 23.3. The second kappa shape index (κ2) is 18.3. The highest BCUT2D eigenvalue weighted by Crippen LogP contribution is 2.62. The van der Waals surface area contributed by atoms with Gasteiger partial charge in [-0.25, -0.2) is 0 Å². The fourth-order valence-corrected chi connectivity index (χ4v) is 9.27. The largest absolute Gasteiger partial charge is 0.459 e. The predicted molar refractivity (Wildman–Crippen MR) is 210 cm³/mol. The van der Waals surface area contributed by atoms with Crippen molar-refractivity contribution in [2.45, 2.75) is 101 Å². The van der Waals surface area contributed by atoms with Gasteiger partial charge < -0.3 is 34.2 Å². The van der Waals surface area contributed by atoms with Crippen molar-refractivity contribution in [1.29, 1.82) is 0 Å². The zero-order chi connectivity index (χ0) is 37.4. The Hall–Kier alpha value is -3.31. The minimum Gasteiger partial charge on any atom is -0.459 e. The lowest BCUT2D eigenvalue weighted by molar-refractivity contribution is -0.257. The van der Waals surface area contributed by atoms with Crippen molar-refractivity contribution in [3.63, 3.8) is 0 Å². The van der Waals surface area contributed by atoms with Crippen molar-refractivity contribution < 1.29 is 34.1 Å². The number of nitrogens with zero attached hydrogens (tertiary/aromatic N) is 2. The molecule has 6 atom stereocenters. The smallest absolute Gasteiger partial charge is 0.239 e. The third-order valence-corrected chi connectivity index (χ3v) is 12.0. The molecule has 9 nitrogen and oxygen atoms in total. The lowest BCUT2D eigenvalue weighted by Crippen LogP contribution is -2.70. The van der Waals surface area contributed by atoms with Crippen molar-refractivity contribution in [2.24, 2.45) is 28.8 Å². The summed E-state index contributed by atoms with van der Waals surface area (Å²) in [5, 5.41) is 24.5. The van der Waals surface area contributed by atoms with Crippen molar-refractivity contribution in [3.05, 3.63) is 72.3 Å². The second-order valence-corrected chi connectivity index (χ2v) is 15.7. The summed E-state index contributed by atoms with van der Waals surface area (Å²) in [7, 11) is 0. The summed E-state index contributed by atoms with van der Waals surface area (Å²) in [6.45, 7) is 9.62. The number of thioether (sulfide) groups is 1. The van der Waals surface area contributed by atoms with Gasteiger partial charge in [-0.05, 0) is 118 Å². The molecule has 6 unspecified atom stereocenters. The van der Waals surface area contributed by atoms with Crippen molar-refractivity contribution in [3.8, 4) is 17.2 Å². The summed E-state index contributed by atoms with van der Waals surface area (Å²) in [5.41, 5.74) is 2.93. The highest BCUT2D eigenvalue weighted by molar-refractivity contribution is 7.98. The molecule has 53 heavy (non-hydrogen) atoms. The fourth-order valence-electron chi connectivity index (χ4n) is 8.86. The van der Waals surface area contributed by atoms with Crippen LogP contribution in [-0.2, 0) is 14.4 Å². The van der Waals surface area contributed by atoms with E-state index in [1.165, 1.54) is 4.90 Å². The van der Waals surface area contributed by atoms with Crippen molar-refractivity contribution >= 4 is 23.4 Å². The molecule has 4 aliphatic rings. The number of rotatable bonds is 20. The third kappa shape index (κ3) is 8.51. The Bertz CT molecular complexity index is 1610. The lowest BCUT2D eigenvalue weighted by atomic mass is 9.55. The average molecular weight is 747 g/mol. The van der Waals surface area contributed by atoms with E-state index < -0.39 is 11.8 Å². The number of carbonyl (C=O) groups excluding carboxylic acids is 1. The minimum atomic E-state index is -1.22. The number of aliphatic hydroxyl groups is 2. The van der Waals surface area contributed by atoms with Gasteiger partial charge in [0.2, 0.25) is 11.7 Å². The van der Waals surface area contributed by atoms with Crippen LogP contribution < -0.4 is 9.47 Å². The van der Waals surface area contributed by atoms with Gasteiger partial charge >= 0.3 is 0 Å². The van der Waals surface area contributed by atoms with Crippen molar-refractivity contribution in [2.75, 3.05) is 39.2 Å². The molecule has 0 radical (unpaired) electrons. The average Bonchev–Trinajstić information content (AvgIpc) is 4.03. The Morgan fingerprint density at radius 1 is 1.06 bits per heavy atom. The van der Waals surface area contributed by atoms with Crippen LogP contribution in [0.25, 0.3) is 0 Å². The molecule has 1 aliphatic heterocycles. The highest BCUT2D eigenvalue weighted by Gasteiger charge is 2.65. The summed E-state index contributed by atoms with van der Waals surface area (Å²) in [6.07, 6.45) is 14.2. The van der Waals surface area contributed by atoms with Gasteiger partial charge in [-0.3, -0.25) is 4.79 Å². The first-order valence-electron chi connectivity index (χ1n) is 19.8. The van der Waals surface area contributed by atoms with Gasteiger partial charge in [-0.15, -0.1) is 18.3 Å². The van der Waals surface area contributed by atoms with Crippen LogP contribution in [0.4, 0.5) is 0 Å². The number of hydrogen-bond donors (Lipinski definition) is 2. The van der Waals surface area contributed by atoms with E-state index in [2.05, 4.69) is 44.0 Å². The van der Waals surface area contributed by atoms with Crippen LogP contribution in [0.1, 0.15) is 89.5 Å². The summed E-state index contributed by atoms with van der Waals surface area (Å²) < 4.78 is 20.9. The number of hydrogen-bond acceptors (Lipinski definition) is 9. The maximum absolute atomic E-state index is 14.2. The normalized spacial score (nSPS) is 26.5. The molecule has 0 saturated heterocycles. The van der Waals surface area contributed by atoms with Gasteiger partial charge in [0, 0.05) is 48.5 Å². The molecule has 2 aromatic carbocycles. The molecule has 288 valence electrons. The van der Waals surface area contributed by atoms with E-state index in [9.17, 15) is 15.0 Å². The van der Waals surface area contributed by atoms with Gasteiger partial charge in [-0.2, -0.15) is 0 Å². The molecule has 0 aromatic heterocycles. The van der Waals surface area contributed by atoms with Gasteiger partial charge in [0.25, 0.3) is 0 Å². The van der Waals surface area contributed by atoms with Crippen LogP contribution in [0.3, 0.4) is 0 Å². The Labute approximate surface area is 319 Å². The summed E-state index contributed by atoms with van der Waals surface area (Å²) in [6, 6.07) is 13.8. The first-order valence-corrected chi connectivity index (χ1v) is 21.0. The van der Waals surface area contributed by atoms with Crippen LogP contribution in [0.2, 0.25) is 0 Å². The first kappa shape index (κ1) is 39.4. The molecule has 2 aromatic rings. The van der Waals surface area contributed by atoms with Gasteiger partial charge in [0.05, 0.1) is 18.2 Å². The van der Waals surface area contributed by atoms with Crippen molar-refractivity contribution in [1.82, 2.24) is 4.90 Å². The molecular formula is C43H58N2O7S. The first-order chi connectivity index (χ1) is 25.9. The molecular weight excluding hydrogens is 689 g/mol. The Kier molecular flexibility index (Phi) is 13.6. The number of benzene rings is 2. The monoisotopic (exact) mass is 746 g/mol. The zero-order valence-corrected chi connectivity index (χ0v) is 32.5. The van der Waals surface area contributed by atoms with Crippen LogP contribution >= 0.6 is 11.8 Å². The molecule has 2 saturated carbocycles. The van der Waals surface area contributed by atoms with E-state index in [-0.39, 0.29) is 55.3 Å². The summed E-state index contributed by atoms with van der Waals surface area (Å²) >= 11 is 1.69. The lowest BCUT2D eigenvalue weighted by Gasteiger charge is -2.60. The van der Waals surface area contributed by atoms with E-state index in [0.717, 1.165) is 85.5 Å². The summed E-state index contributed by atoms with van der Waals surface area (Å²) in [5.74, 6) is 1.09. The number of fused-ring (bicyclic) bond motifs is 2. The topological polar surface area (TPSA) is 110 Å². The van der Waals surface area contributed by atoms with Gasteiger partial charge in [-0.1, -0.05) is 37.1 Å². The molecule has 2 N–H and O–H groups in total. The number of amides is 1. The van der Waals surface area contributed by atoms with E-state index in [0.29, 0.717) is 26.0 Å². The van der Waals surface area contributed by atoms with E-state index in [1.807, 2.05) is 36.1 Å². The molecule has 10 heteroatoms. The number of carbonyl (C=O) groups is 1. The van der Waals surface area contributed by atoms with Gasteiger partial charge in [0.15, 0.2) is 0 Å². The molecule has 0 spiro atoms. The molecule has 0 bridgehead atoms. The minimum absolute atomic E-state index is 0.0204. The van der Waals surface area contributed by atoms with E-state index in [1.54, 1.807) is 17.8 Å². The quantitative estimate of drug-likeness (QED) is 0.0601. The fraction of sp³-hybridized carbons (Fsp3) is 0.581. The van der Waals surface area contributed by atoms with Crippen LogP contribution in [0.5, 0.6) is 17.2 Å². The van der Waals surface area contributed by atoms with E-state index >= 15 is 0 Å². The molecule has 1 amide bonds. The maximum atomic E-state index is 14.2. The van der Waals surface area contributed by atoms with Crippen LogP contribution in [0.15, 0.2) is 76.8 Å². The Morgan fingerprint density at radius 2 is 1.79 bits per heavy atom. The number of allylic oxidation sites excluding steroid dienone is 1. The SMILES string of the molecule is C=CCOC12Oc3ccc(Oc4ccc(SC)cc4)cc3C3C(CCCCO)C(CCCCO)C=C(C(=NOCC)CC1N(CCC)C(=O)C1CC1)C32. The maximum Gasteiger partial charge on any atom is 0.239 e. The number of ether oxygens (including phenoxy) is 3. The molecule has 6 rings (SSSR count). The van der Waals surface area contributed by atoms with E-state index in [4.69, 9.17) is 24.2 Å². The molecule has 2 fully saturated rings. The number of unbranched alkanes of at least 4 members (excludes halogenated alkanes) is 2. The Balaban J connectivity index is 1.56. The number of aliphatic hydroxyl groups excluding tert-OH is 2. The van der Waals surface area contributed by atoms with Crippen LogP contribution in [0, 0.1) is 23.7 Å². The zero-order valence-electron chi connectivity index (χ0n) is 31.7. The van der Waals surface area contributed by atoms with Crippen LogP contribution in [-0.4, -0.2) is 77.8 Å². The Morgan fingerprint density at radius 3 is 2.45 bits per heavy atom. The third-order valence-electron chi connectivity index (χ3n) is 11.3. The van der Waals surface area contributed by atoms with Gasteiger partial charge in [0.1, 0.15) is 29.9 Å². The molecule has 3 aliphatic carbocycles. The number of oxime groups is 1. The second-order valence-electron chi connectivity index (χ2n) is 14.8.